The molecule has 2 nitrogen and oxygen atoms in total. The Labute approximate surface area is 71.8 Å². The molecule has 0 aliphatic carbocycles. The van der Waals surface area contributed by atoms with Crippen LogP contribution in [-0.2, 0) is 28.8 Å². The van der Waals surface area contributed by atoms with Gasteiger partial charge in [-0.25, -0.2) is 0 Å². The summed E-state index contributed by atoms with van der Waals surface area (Å²) < 4.78 is -0.539. The van der Waals surface area contributed by atoms with Crippen molar-refractivity contribution in [3.05, 3.63) is 0 Å². The summed E-state index contributed by atoms with van der Waals surface area (Å²) in [6.07, 6.45) is 1.30. The van der Waals surface area contributed by atoms with Crippen molar-refractivity contribution in [3.63, 3.8) is 0 Å². The van der Waals surface area contributed by atoms with E-state index in [1.807, 2.05) is 6.92 Å². The van der Waals surface area contributed by atoms with Gasteiger partial charge in [0.25, 0.3) is 0 Å². The number of hydrogen-bond acceptors (Lipinski definition) is 2. The molecule has 0 bridgehead atoms. The van der Waals surface area contributed by atoms with Gasteiger partial charge in [-0.05, 0) is 0 Å². The van der Waals surface area contributed by atoms with Gasteiger partial charge in [0.1, 0.15) is 0 Å². The Morgan fingerprint density at radius 3 is 2.30 bits per heavy atom. The third-order valence-corrected chi connectivity index (χ3v) is 2.22. The van der Waals surface area contributed by atoms with E-state index in [4.69, 9.17) is 0 Å². The second-order valence-corrected chi connectivity index (χ2v) is 3.05. The van der Waals surface area contributed by atoms with Gasteiger partial charge < -0.3 is 0 Å². The Morgan fingerprint density at radius 2 is 2.00 bits per heavy atom. The van der Waals surface area contributed by atoms with Crippen molar-refractivity contribution in [2.24, 2.45) is 0 Å². The average molecular weight is 234 g/mol. The van der Waals surface area contributed by atoms with E-state index in [0.29, 0.717) is 6.42 Å². The molecule has 0 saturated carbocycles. The average Bonchev–Trinajstić information content (AvgIpc) is 1.87. The number of carbonyl (C=O) groups excluding carboxylic acids is 2. The molecule has 0 aromatic heterocycles. The van der Waals surface area contributed by atoms with E-state index >= 15 is 0 Å². The maximum absolute atomic E-state index is 10.9. The summed E-state index contributed by atoms with van der Waals surface area (Å²) in [6.45, 7) is 3.34. The van der Waals surface area contributed by atoms with E-state index in [0.717, 1.165) is 6.42 Å². The first-order valence-corrected chi connectivity index (χ1v) is 4.13. The van der Waals surface area contributed by atoms with Gasteiger partial charge in [0.15, 0.2) is 0 Å². The SMILES string of the molecule is CCCC(=O)[CH]([Pd])C(C)=O. The molecular weight excluding hydrogens is 222 g/mol. The van der Waals surface area contributed by atoms with E-state index in [9.17, 15) is 9.59 Å². The molecule has 0 aliphatic rings. The first-order chi connectivity index (χ1) is 4.59. The monoisotopic (exact) mass is 233 g/mol. The number of carbonyl (C=O) groups is 2. The fraction of sp³-hybridized carbons (Fsp3) is 0.714. The summed E-state index contributed by atoms with van der Waals surface area (Å²) in [5, 5.41) is 0. The van der Waals surface area contributed by atoms with Crippen molar-refractivity contribution in [2.45, 2.75) is 31.1 Å². The fourth-order valence-corrected chi connectivity index (χ4v) is 0.815. The van der Waals surface area contributed by atoms with Gasteiger partial charge in [-0.15, -0.1) is 0 Å². The molecular formula is C7H11O2Pd. The summed E-state index contributed by atoms with van der Waals surface area (Å²) >= 11 is 2.74. The molecule has 1 atom stereocenters. The molecule has 1 unspecified atom stereocenters. The Hall–Kier alpha value is 0.00234. The quantitative estimate of drug-likeness (QED) is 0.542. The van der Waals surface area contributed by atoms with Crippen molar-refractivity contribution >= 4 is 11.6 Å². The second-order valence-electron chi connectivity index (χ2n) is 2.15. The molecule has 0 saturated heterocycles. The Kier molecular flexibility index (Phi) is 4.76. The summed E-state index contributed by atoms with van der Waals surface area (Å²) in [4.78, 5) is 21.5. The molecule has 10 heavy (non-hydrogen) atoms. The van der Waals surface area contributed by atoms with E-state index < -0.39 is 4.39 Å². The van der Waals surface area contributed by atoms with Gasteiger partial charge in [0, 0.05) is 0 Å². The molecule has 0 rings (SSSR count). The molecule has 0 heterocycles. The zero-order valence-electron chi connectivity index (χ0n) is 6.12. The van der Waals surface area contributed by atoms with Crippen molar-refractivity contribution in [1.29, 1.82) is 0 Å². The molecule has 0 spiro atoms. The van der Waals surface area contributed by atoms with Crippen molar-refractivity contribution in [2.75, 3.05) is 0 Å². The first-order valence-electron chi connectivity index (χ1n) is 3.23. The number of Topliss-reactive ketones (excluding diaryl/α,β-unsaturated/α-hetero) is 2. The van der Waals surface area contributed by atoms with Crippen LogP contribution in [0.3, 0.4) is 0 Å². The van der Waals surface area contributed by atoms with Gasteiger partial charge in [0.05, 0.1) is 0 Å². The maximum atomic E-state index is 10.9. The molecule has 0 N–H and O–H groups in total. The van der Waals surface area contributed by atoms with Crippen LogP contribution in [0.2, 0.25) is 4.39 Å². The van der Waals surface area contributed by atoms with Crippen molar-refractivity contribution in [1.82, 2.24) is 0 Å². The zero-order chi connectivity index (χ0) is 8.15. The van der Waals surface area contributed by atoms with Gasteiger partial charge in [-0.2, -0.15) is 0 Å². The number of hydrogen-bond donors (Lipinski definition) is 0. The molecule has 0 aromatic rings. The van der Waals surface area contributed by atoms with Gasteiger partial charge >= 0.3 is 71.4 Å². The fourth-order valence-electron chi connectivity index (χ4n) is 0.591. The Balaban J connectivity index is 3.82. The van der Waals surface area contributed by atoms with E-state index in [1.165, 1.54) is 6.92 Å². The third kappa shape index (κ3) is 3.24. The van der Waals surface area contributed by atoms with Crippen LogP contribution in [0.15, 0.2) is 0 Å². The predicted molar refractivity (Wildman–Crippen MR) is 34.3 cm³/mol. The van der Waals surface area contributed by atoms with Gasteiger partial charge in [0.2, 0.25) is 0 Å². The van der Waals surface area contributed by atoms with Crippen LogP contribution in [0.5, 0.6) is 0 Å². The first kappa shape index (κ1) is 10.0. The predicted octanol–water partition coefficient (Wildman–Crippen LogP) is 1.28. The summed E-state index contributed by atoms with van der Waals surface area (Å²) in [6, 6.07) is 0. The summed E-state index contributed by atoms with van der Waals surface area (Å²) in [5.41, 5.74) is 0. The summed E-state index contributed by atoms with van der Waals surface area (Å²) in [5.74, 6) is -0.0977. The van der Waals surface area contributed by atoms with Crippen LogP contribution < -0.4 is 0 Å². The van der Waals surface area contributed by atoms with Crippen LogP contribution in [0.1, 0.15) is 26.7 Å². The third-order valence-electron chi connectivity index (χ3n) is 1.09. The van der Waals surface area contributed by atoms with Crippen LogP contribution >= 0.6 is 0 Å². The molecule has 0 radical (unpaired) electrons. The second kappa shape index (κ2) is 4.76. The minimum absolute atomic E-state index is 0.00185. The zero-order valence-corrected chi connectivity index (χ0v) is 7.68. The topological polar surface area (TPSA) is 34.1 Å². The van der Waals surface area contributed by atoms with E-state index in [-0.39, 0.29) is 11.6 Å². The molecule has 0 amide bonds. The van der Waals surface area contributed by atoms with Crippen molar-refractivity contribution < 1.29 is 28.8 Å². The van der Waals surface area contributed by atoms with Crippen LogP contribution in [0.25, 0.3) is 0 Å². The normalized spacial score (nSPS) is 12.8. The summed E-state index contributed by atoms with van der Waals surface area (Å²) in [7, 11) is 0. The van der Waals surface area contributed by atoms with Crippen LogP contribution in [-0.4, -0.2) is 11.6 Å². The number of ketones is 2. The minimum atomic E-state index is -0.539. The van der Waals surface area contributed by atoms with Gasteiger partial charge in [-0.3, -0.25) is 0 Å². The molecule has 0 fully saturated rings. The molecule has 3 heteroatoms. The van der Waals surface area contributed by atoms with Crippen molar-refractivity contribution in [3.8, 4) is 0 Å². The number of rotatable bonds is 4. The Morgan fingerprint density at radius 1 is 1.50 bits per heavy atom. The molecule has 0 aliphatic heterocycles. The standard InChI is InChI=1S/C7H11O2.Pd/c1-3-4-7(9)5-6(2)8;/h5H,3-4H2,1-2H3;. The molecule has 61 valence electrons. The van der Waals surface area contributed by atoms with E-state index in [1.54, 1.807) is 0 Å². The van der Waals surface area contributed by atoms with E-state index in [2.05, 4.69) is 19.2 Å². The van der Waals surface area contributed by atoms with Gasteiger partial charge in [-0.1, -0.05) is 0 Å². The molecule has 0 aromatic carbocycles. The Bertz CT molecular complexity index is 143. The van der Waals surface area contributed by atoms with Crippen LogP contribution in [0, 0.1) is 0 Å². The van der Waals surface area contributed by atoms with Crippen LogP contribution in [0.4, 0.5) is 0 Å².